The summed E-state index contributed by atoms with van der Waals surface area (Å²) in [4.78, 5) is 2.64. The zero-order valence-corrected chi connectivity index (χ0v) is 10.7. The molecule has 1 aromatic carbocycles. The van der Waals surface area contributed by atoms with Gasteiger partial charge in [-0.15, -0.1) is 0 Å². The SMILES string of the molecule is CCC(CC1CC1)N1Cc2ccc(N)cc2C1. The topological polar surface area (TPSA) is 29.3 Å². The third-order valence-corrected chi connectivity index (χ3v) is 4.27. The lowest BCUT2D eigenvalue weighted by Gasteiger charge is -2.26. The van der Waals surface area contributed by atoms with E-state index in [1.165, 1.54) is 36.8 Å². The van der Waals surface area contributed by atoms with Crippen LogP contribution in [0.25, 0.3) is 0 Å². The Morgan fingerprint density at radius 2 is 2.06 bits per heavy atom. The molecule has 0 spiro atoms. The van der Waals surface area contributed by atoms with Crippen LogP contribution >= 0.6 is 0 Å². The van der Waals surface area contributed by atoms with Gasteiger partial charge in [-0.05, 0) is 42.0 Å². The van der Waals surface area contributed by atoms with Gasteiger partial charge in [0.2, 0.25) is 0 Å². The van der Waals surface area contributed by atoms with Gasteiger partial charge in [0.25, 0.3) is 0 Å². The van der Waals surface area contributed by atoms with Gasteiger partial charge in [0.05, 0.1) is 0 Å². The van der Waals surface area contributed by atoms with Crippen molar-refractivity contribution < 1.29 is 0 Å². The number of nitrogens with two attached hydrogens (primary N) is 1. The lowest BCUT2D eigenvalue weighted by atomic mass is 10.1. The number of benzene rings is 1. The van der Waals surface area contributed by atoms with Gasteiger partial charge >= 0.3 is 0 Å². The van der Waals surface area contributed by atoms with Crippen LogP contribution in [0.3, 0.4) is 0 Å². The molecule has 0 radical (unpaired) electrons. The first kappa shape index (κ1) is 11.1. The van der Waals surface area contributed by atoms with Crippen molar-refractivity contribution >= 4 is 5.69 Å². The number of hydrogen-bond donors (Lipinski definition) is 1. The molecule has 0 saturated heterocycles. The molecular formula is C15H22N2. The number of anilines is 1. The Hall–Kier alpha value is -1.02. The second-order valence-corrected chi connectivity index (χ2v) is 5.67. The molecule has 1 fully saturated rings. The van der Waals surface area contributed by atoms with Gasteiger partial charge in [-0.2, -0.15) is 0 Å². The van der Waals surface area contributed by atoms with E-state index in [0.29, 0.717) is 0 Å². The molecule has 17 heavy (non-hydrogen) atoms. The first-order valence-corrected chi connectivity index (χ1v) is 6.87. The molecule has 1 aliphatic carbocycles. The number of fused-ring (bicyclic) bond motifs is 1. The van der Waals surface area contributed by atoms with Gasteiger partial charge in [0.15, 0.2) is 0 Å². The second-order valence-electron chi connectivity index (χ2n) is 5.67. The summed E-state index contributed by atoms with van der Waals surface area (Å²) < 4.78 is 0. The predicted molar refractivity (Wildman–Crippen MR) is 71.5 cm³/mol. The Bertz CT molecular complexity index is 409. The average Bonchev–Trinajstić information content (AvgIpc) is 3.04. The summed E-state index contributed by atoms with van der Waals surface area (Å²) in [5, 5.41) is 0. The molecule has 2 heteroatoms. The zero-order chi connectivity index (χ0) is 11.8. The fourth-order valence-corrected chi connectivity index (χ4v) is 3.01. The normalized spacial score (nSPS) is 21.5. The summed E-state index contributed by atoms with van der Waals surface area (Å²) >= 11 is 0. The van der Waals surface area contributed by atoms with Crippen molar-refractivity contribution in [2.24, 2.45) is 5.92 Å². The number of hydrogen-bond acceptors (Lipinski definition) is 2. The molecule has 2 N–H and O–H groups in total. The van der Waals surface area contributed by atoms with E-state index in [1.54, 1.807) is 0 Å². The van der Waals surface area contributed by atoms with Gasteiger partial charge in [-0.1, -0.05) is 25.8 Å². The van der Waals surface area contributed by atoms with Crippen molar-refractivity contribution in [1.29, 1.82) is 0 Å². The highest BCUT2D eigenvalue weighted by Crippen LogP contribution is 2.37. The summed E-state index contributed by atoms with van der Waals surface area (Å²) in [7, 11) is 0. The lowest BCUT2D eigenvalue weighted by Crippen LogP contribution is -2.30. The van der Waals surface area contributed by atoms with Gasteiger partial charge < -0.3 is 5.73 Å². The van der Waals surface area contributed by atoms with E-state index >= 15 is 0 Å². The molecule has 0 amide bonds. The van der Waals surface area contributed by atoms with E-state index in [9.17, 15) is 0 Å². The van der Waals surface area contributed by atoms with Crippen molar-refractivity contribution in [3.63, 3.8) is 0 Å². The molecule has 2 aliphatic rings. The van der Waals surface area contributed by atoms with Crippen molar-refractivity contribution in [1.82, 2.24) is 4.90 Å². The van der Waals surface area contributed by atoms with E-state index < -0.39 is 0 Å². The van der Waals surface area contributed by atoms with Crippen molar-refractivity contribution in [3.05, 3.63) is 29.3 Å². The molecule has 3 rings (SSSR count). The van der Waals surface area contributed by atoms with Crippen LogP contribution in [0.2, 0.25) is 0 Å². The van der Waals surface area contributed by atoms with Gasteiger partial charge in [0.1, 0.15) is 0 Å². The number of nitrogen functional groups attached to an aromatic ring is 1. The van der Waals surface area contributed by atoms with Crippen molar-refractivity contribution in [2.75, 3.05) is 5.73 Å². The van der Waals surface area contributed by atoms with E-state index in [1.807, 2.05) is 6.07 Å². The Morgan fingerprint density at radius 1 is 1.29 bits per heavy atom. The smallest absolute Gasteiger partial charge is 0.0317 e. The zero-order valence-electron chi connectivity index (χ0n) is 10.7. The minimum Gasteiger partial charge on any atom is -0.399 e. The second kappa shape index (κ2) is 4.34. The summed E-state index contributed by atoms with van der Waals surface area (Å²) in [6.07, 6.45) is 5.61. The highest BCUT2D eigenvalue weighted by atomic mass is 15.2. The molecule has 1 atom stereocenters. The molecule has 92 valence electrons. The highest BCUT2D eigenvalue weighted by Gasteiger charge is 2.30. The molecule has 0 aromatic heterocycles. The highest BCUT2D eigenvalue weighted by molar-refractivity contribution is 5.46. The average molecular weight is 230 g/mol. The fourth-order valence-electron chi connectivity index (χ4n) is 3.01. The molecule has 1 unspecified atom stereocenters. The molecule has 1 heterocycles. The van der Waals surface area contributed by atoms with Crippen LogP contribution in [0, 0.1) is 5.92 Å². The van der Waals surface area contributed by atoms with Gasteiger partial charge in [-0.3, -0.25) is 4.90 Å². The monoisotopic (exact) mass is 230 g/mol. The largest absolute Gasteiger partial charge is 0.399 e. The van der Waals surface area contributed by atoms with Gasteiger partial charge in [0, 0.05) is 24.8 Å². The maximum atomic E-state index is 5.86. The van der Waals surface area contributed by atoms with Crippen LogP contribution in [0.5, 0.6) is 0 Å². The summed E-state index contributed by atoms with van der Waals surface area (Å²) in [6.45, 7) is 4.55. The minimum atomic E-state index is 0.774. The Morgan fingerprint density at radius 3 is 2.76 bits per heavy atom. The maximum absolute atomic E-state index is 5.86. The van der Waals surface area contributed by atoms with Crippen LogP contribution in [-0.2, 0) is 13.1 Å². The number of nitrogens with zero attached hydrogens (tertiary/aromatic N) is 1. The molecule has 1 aliphatic heterocycles. The molecular weight excluding hydrogens is 208 g/mol. The third-order valence-electron chi connectivity index (χ3n) is 4.27. The van der Waals surface area contributed by atoms with Gasteiger partial charge in [-0.25, -0.2) is 0 Å². The fraction of sp³-hybridized carbons (Fsp3) is 0.600. The quantitative estimate of drug-likeness (QED) is 0.805. The first-order chi connectivity index (χ1) is 8.26. The molecule has 0 bridgehead atoms. The Labute approximate surface area is 104 Å². The molecule has 1 aromatic rings. The lowest BCUT2D eigenvalue weighted by molar-refractivity contribution is 0.177. The summed E-state index contributed by atoms with van der Waals surface area (Å²) in [5.41, 5.74) is 9.68. The van der Waals surface area contributed by atoms with Crippen molar-refractivity contribution in [2.45, 2.75) is 51.7 Å². The maximum Gasteiger partial charge on any atom is 0.0317 e. The standard InChI is InChI=1S/C15H22N2/c1-2-15(7-11-3-4-11)17-9-12-5-6-14(16)8-13(12)10-17/h5-6,8,11,15H,2-4,7,9-10,16H2,1H3. The number of rotatable bonds is 4. The molecule has 2 nitrogen and oxygen atoms in total. The van der Waals surface area contributed by atoms with E-state index in [4.69, 9.17) is 5.73 Å². The van der Waals surface area contributed by atoms with Crippen LogP contribution in [0.4, 0.5) is 5.69 Å². The van der Waals surface area contributed by atoms with Crippen LogP contribution < -0.4 is 5.73 Å². The Balaban J connectivity index is 1.70. The molecule has 1 saturated carbocycles. The third kappa shape index (κ3) is 2.32. The van der Waals surface area contributed by atoms with E-state index in [-0.39, 0.29) is 0 Å². The van der Waals surface area contributed by atoms with Crippen LogP contribution in [-0.4, -0.2) is 10.9 Å². The van der Waals surface area contributed by atoms with E-state index in [2.05, 4.69) is 24.0 Å². The van der Waals surface area contributed by atoms with Crippen LogP contribution in [0.15, 0.2) is 18.2 Å². The summed E-state index contributed by atoms with van der Waals surface area (Å²) in [6, 6.07) is 7.16. The Kier molecular flexibility index (Phi) is 2.83. The van der Waals surface area contributed by atoms with Crippen LogP contribution in [0.1, 0.15) is 43.7 Å². The minimum absolute atomic E-state index is 0.774. The van der Waals surface area contributed by atoms with Crippen molar-refractivity contribution in [3.8, 4) is 0 Å². The predicted octanol–water partition coefficient (Wildman–Crippen LogP) is 3.16. The summed E-state index contributed by atoms with van der Waals surface area (Å²) in [5.74, 6) is 1.02. The first-order valence-electron chi connectivity index (χ1n) is 6.87. The van der Waals surface area contributed by atoms with E-state index in [0.717, 1.165) is 30.7 Å².